The van der Waals surface area contributed by atoms with E-state index in [1.165, 1.54) is 14.2 Å². The van der Waals surface area contributed by atoms with Crippen molar-refractivity contribution >= 4 is 22.0 Å². The first kappa shape index (κ1) is 13.9. The lowest BCUT2D eigenvalue weighted by atomic mass is 9.71. The van der Waals surface area contributed by atoms with Gasteiger partial charge in [0, 0.05) is 6.07 Å². The minimum Gasteiger partial charge on any atom is -0.506 e. The Morgan fingerprint density at radius 2 is 2.11 bits per heavy atom. The summed E-state index contributed by atoms with van der Waals surface area (Å²) in [4.78, 5) is 14.6. The summed E-state index contributed by atoms with van der Waals surface area (Å²) in [5.74, 6) is 0.910. The summed E-state index contributed by atoms with van der Waals surface area (Å²) in [7, 11) is 3.01. The number of hydrogen-bond donors (Lipinski definition) is 1. The molecule has 1 saturated carbocycles. The highest BCUT2D eigenvalue weighted by molar-refractivity contribution is 9.10. The number of methoxy groups -OCH3 is 2. The first-order valence-corrected chi connectivity index (χ1v) is 6.62. The Kier molecular flexibility index (Phi) is 3.83. The van der Waals surface area contributed by atoms with E-state index in [9.17, 15) is 9.90 Å². The predicted molar refractivity (Wildman–Crippen MR) is 72.6 cm³/mol. The molecule has 102 valence electrons. The van der Waals surface area contributed by atoms with Gasteiger partial charge in [0.1, 0.15) is 11.3 Å². The molecule has 2 rings (SSSR count). The van der Waals surface area contributed by atoms with E-state index in [4.69, 9.17) is 9.47 Å². The van der Waals surface area contributed by atoms with Crippen LogP contribution in [0.2, 0.25) is 0 Å². The first-order chi connectivity index (χ1) is 9.09. The molecule has 19 heavy (non-hydrogen) atoms. The van der Waals surface area contributed by atoms with E-state index in [0.29, 0.717) is 34.4 Å². The van der Waals surface area contributed by atoms with Gasteiger partial charge in [0.05, 0.1) is 24.3 Å². The van der Waals surface area contributed by atoms with Crippen molar-refractivity contribution in [1.29, 1.82) is 0 Å². The fourth-order valence-electron chi connectivity index (χ4n) is 2.40. The lowest BCUT2D eigenvalue weighted by molar-refractivity contribution is 0.233. The molecule has 0 unspecified atom stereocenters. The molecule has 0 saturated heterocycles. The van der Waals surface area contributed by atoms with Gasteiger partial charge >= 0.3 is 0 Å². The zero-order valence-electron chi connectivity index (χ0n) is 10.7. The van der Waals surface area contributed by atoms with Crippen molar-refractivity contribution in [3.8, 4) is 17.2 Å². The van der Waals surface area contributed by atoms with Crippen LogP contribution in [0.15, 0.2) is 15.5 Å². The Balaban J connectivity index is 2.73. The Labute approximate surface area is 119 Å². The van der Waals surface area contributed by atoms with Gasteiger partial charge in [0.2, 0.25) is 6.08 Å². The second-order valence-electron chi connectivity index (χ2n) is 4.41. The number of ether oxygens (including phenoxy) is 2. The number of halogens is 1. The highest BCUT2D eigenvalue weighted by atomic mass is 79.9. The minimum absolute atomic E-state index is 0.0244. The lowest BCUT2D eigenvalue weighted by Gasteiger charge is -2.38. The Morgan fingerprint density at radius 3 is 2.53 bits per heavy atom. The monoisotopic (exact) mass is 327 g/mol. The number of isocyanates is 1. The quantitative estimate of drug-likeness (QED) is 0.682. The van der Waals surface area contributed by atoms with Gasteiger partial charge in [-0.25, -0.2) is 4.79 Å². The highest BCUT2D eigenvalue weighted by Gasteiger charge is 2.44. The molecule has 0 amide bonds. The molecule has 1 fully saturated rings. The molecule has 1 N–H and O–H groups in total. The molecule has 6 heteroatoms. The van der Waals surface area contributed by atoms with Crippen molar-refractivity contribution in [2.75, 3.05) is 14.2 Å². The second-order valence-corrected chi connectivity index (χ2v) is 5.26. The maximum atomic E-state index is 10.7. The second kappa shape index (κ2) is 5.23. The number of benzene rings is 1. The van der Waals surface area contributed by atoms with Crippen molar-refractivity contribution in [3.05, 3.63) is 16.1 Å². The van der Waals surface area contributed by atoms with E-state index in [1.54, 1.807) is 12.1 Å². The van der Waals surface area contributed by atoms with Crippen molar-refractivity contribution in [2.45, 2.75) is 24.8 Å². The molecule has 1 aliphatic carbocycles. The molecule has 0 radical (unpaired) electrons. The van der Waals surface area contributed by atoms with E-state index in [1.807, 2.05) is 0 Å². The van der Waals surface area contributed by atoms with Gasteiger partial charge in [-0.1, -0.05) is 0 Å². The van der Waals surface area contributed by atoms with Gasteiger partial charge < -0.3 is 14.6 Å². The summed E-state index contributed by atoms with van der Waals surface area (Å²) in [6.07, 6.45) is 3.87. The fraction of sp³-hybridized carbons (Fsp3) is 0.462. The summed E-state index contributed by atoms with van der Waals surface area (Å²) < 4.78 is 11.1. The van der Waals surface area contributed by atoms with Gasteiger partial charge in [0.15, 0.2) is 11.5 Å². The summed E-state index contributed by atoms with van der Waals surface area (Å²) in [5.41, 5.74) is -0.273. The number of carbonyl (C=O) groups excluding carboxylic acids is 1. The summed E-state index contributed by atoms with van der Waals surface area (Å²) in [6, 6.07) is 1.62. The zero-order chi connectivity index (χ0) is 14.0. The van der Waals surface area contributed by atoms with Gasteiger partial charge in [-0.3, -0.25) is 0 Å². The molecule has 0 heterocycles. The van der Waals surface area contributed by atoms with Gasteiger partial charge in [-0.2, -0.15) is 4.99 Å². The predicted octanol–water partition coefficient (Wildman–Crippen LogP) is 2.89. The van der Waals surface area contributed by atoms with Gasteiger partial charge in [-0.15, -0.1) is 0 Å². The molecule has 5 nitrogen and oxygen atoms in total. The maximum Gasteiger partial charge on any atom is 0.235 e. The zero-order valence-corrected chi connectivity index (χ0v) is 12.3. The third-order valence-corrected chi connectivity index (χ3v) is 4.11. The Hall–Kier alpha value is -1.52. The molecule has 0 aromatic heterocycles. The Bertz CT molecular complexity index is 548. The third-order valence-electron chi connectivity index (χ3n) is 3.50. The van der Waals surface area contributed by atoms with Crippen LogP contribution in [0.4, 0.5) is 0 Å². The van der Waals surface area contributed by atoms with Crippen molar-refractivity contribution in [2.24, 2.45) is 4.99 Å². The van der Waals surface area contributed by atoms with Crippen LogP contribution in [0.3, 0.4) is 0 Å². The largest absolute Gasteiger partial charge is 0.506 e. The Morgan fingerprint density at radius 1 is 1.42 bits per heavy atom. The number of nitrogens with zero attached hydrogens (tertiary/aromatic N) is 1. The average Bonchev–Trinajstić information content (AvgIpc) is 2.37. The molecule has 1 aromatic carbocycles. The van der Waals surface area contributed by atoms with E-state index in [-0.39, 0.29) is 5.75 Å². The van der Waals surface area contributed by atoms with Crippen LogP contribution >= 0.6 is 15.9 Å². The van der Waals surface area contributed by atoms with Crippen molar-refractivity contribution < 1.29 is 19.4 Å². The molecule has 0 aliphatic heterocycles. The molecule has 1 aromatic rings. The maximum absolute atomic E-state index is 10.7. The van der Waals surface area contributed by atoms with E-state index < -0.39 is 5.54 Å². The number of phenolic OH excluding ortho intramolecular Hbond substituents is 1. The molecule has 1 aliphatic rings. The molecular weight excluding hydrogens is 314 g/mol. The molecule has 0 spiro atoms. The van der Waals surface area contributed by atoms with Crippen LogP contribution in [0, 0.1) is 0 Å². The normalized spacial score (nSPS) is 16.2. The fourth-order valence-corrected chi connectivity index (χ4v) is 2.81. The number of rotatable bonds is 4. The van der Waals surface area contributed by atoms with Crippen LogP contribution in [-0.4, -0.2) is 25.4 Å². The van der Waals surface area contributed by atoms with E-state index in [0.717, 1.165) is 6.42 Å². The van der Waals surface area contributed by atoms with Gasteiger partial charge in [0.25, 0.3) is 0 Å². The molecule has 0 bridgehead atoms. The van der Waals surface area contributed by atoms with Crippen molar-refractivity contribution in [1.82, 2.24) is 0 Å². The van der Waals surface area contributed by atoms with Crippen LogP contribution in [0.25, 0.3) is 0 Å². The average molecular weight is 328 g/mol. The number of phenols is 1. The number of hydrogen-bond acceptors (Lipinski definition) is 5. The number of aromatic hydroxyl groups is 1. The van der Waals surface area contributed by atoms with Crippen molar-refractivity contribution in [3.63, 3.8) is 0 Å². The standard InChI is InChI=1S/C13H14BrNO4/c1-18-9-6-8(14)11(17)10(12(9)19-2)13(15-7-16)4-3-5-13/h6,17H,3-5H2,1-2H3. The van der Waals surface area contributed by atoms with E-state index >= 15 is 0 Å². The van der Waals surface area contributed by atoms with Crippen LogP contribution in [-0.2, 0) is 10.3 Å². The topological polar surface area (TPSA) is 68.1 Å². The smallest absolute Gasteiger partial charge is 0.235 e. The molecular formula is C13H14BrNO4. The summed E-state index contributed by atoms with van der Waals surface area (Å²) in [5, 5.41) is 10.3. The summed E-state index contributed by atoms with van der Waals surface area (Å²) >= 11 is 3.27. The third kappa shape index (κ3) is 2.11. The van der Waals surface area contributed by atoms with Crippen LogP contribution in [0.1, 0.15) is 24.8 Å². The number of aliphatic imine (C=N–C) groups is 1. The van der Waals surface area contributed by atoms with Crippen LogP contribution < -0.4 is 9.47 Å². The lowest BCUT2D eigenvalue weighted by Crippen LogP contribution is -2.32. The highest BCUT2D eigenvalue weighted by Crippen LogP contribution is 2.55. The summed E-state index contributed by atoms with van der Waals surface area (Å²) in [6.45, 7) is 0. The first-order valence-electron chi connectivity index (χ1n) is 5.82. The SMILES string of the molecule is COc1cc(Br)c(O)c(C2(N=C=O)CCC2)c1OC. The van der Waals surface area contributed by atoms with Crippen LogP contribution in [0.5, 0.6) is 17.2 Å². The minimum atomic E-state index is -0.756. The van der Waals surface area contributed by atoms with Gasteiger partial charge in [-0.05, 0) is 35.2 Å². The molecule has 0 atom stereocenters. The van der Waals surface area contributed by atoms with E-state index in [2.05, 4.69) is 20.9 Å².